The first-order valence-corrected chi connectivity index (χ1v) is 14.4. The van der Waals surface area contributed by atoms with E-state index in [0.29, 0.717) is 45.3 Å². The summed E-state index contributed by atoms with van der Waals surface area (Å²) >= 11 is 0. The summed E-state index contributed by atoms with van der Waals surface area (Å²) in [7, 11) is 4.01. The van der Waals surface area contributed by atoms with E-state index >= 15 is 0 Å². The highest BCUT2D eigenvalue weighted by molar-refractivity contribution is 5.96. The van der Waals surface area contributed by atoms with Crippen LogP contribution in [-0.4, -0.2) is 96.0 Å². The van der Waals surface area contributed by atoms with E-state index in [-0.39, 0.29) is 17.9 Å². The Morgan fingerprint density at radius 1 is 1.10 bits per heavy atom. The lowest BCUT2D eigenvalue weighted by Crippen LogP contribution is -2.51. The minimum atomic E-state index is -0.526. The molecule has 1 fully saturated rings. The Kier molecular flexibility index (Phi) is 8.13. The second-order valence-electron chi connectivity index (χ2n) is 12.2. The highest BCUT2D eigenvalue weighted by atomic mass is 16.6. The molecule has 10 nitrogen and oxygen atoms in total. The van der Waals surface area contributed by atoms with Gasteiger partial charge in [0.05, 0.1) is 12.2 Å². The number of amides is 1. The number of anilines is 2. The molecule has 3 heterocycles. The standard InChI is InChI=1S/C31H42N6O4/c1-21-17-25-26(20-37(21)27-19-23(38)18-22-9-7-8-10-24(22)27)32-29(40-16-15-34(5)6)33-28(25)35-11-13-36(14-12-35)30(39)41-31(2,3)4/h7-10,18-19,21,38H,11-17,20H2,1-6H3/t21-/m0/s1. The lowest BCUT2D eigenvalue weighted by Gasteiger charge is -2.40. The molecule has 1 aromatic heterocycles. The number of aromatic nitrogens is 2. The number of piperazine rings is 1. The fraction of sp³-hybridized carbons (Fsp3) is 0.516. The van der Waals surface area contributed by atoms with Gasteiger partial charge in [0, 0.05) is 61.5 Å². The third-order valence-electron chi connectivity index (χ3n) is 7.54. The van der Waals surface area contributed by atoms with Gasteiger partial charge in [0.2, 0.25) is 0 Å². The number of carbonyl (C=O) groups is 1. The average molecular weight is 563 g/mol. The molecule has 1 saturated heterocycles. The van der Waals surface area contributed by atoms with Crippen LogP contribution in [0.3, 0.4) is 0 Å². The number of likely N-dealkylation sites (N-methyl/N-ethyl adjacent to an activating group) is 1. The Labute approximate surface area is 242 Å². The molecule has 1 N–H and O–H groups in total. The molecule has 3 aromatic rings. The first-order chi connectivity index (χ1) is 19.5. The molecule has 10 heteroatoms. The van der Waals surface area contributed by atoms with Crippen molar-refractivity contribution in [1.29, 1.82) is 0 Å². The maximum Gasteiger partial charge on any atom is 0.410 e. The van der Waals surface area contributed by atoms with Crippen LogP contribution in [0.25, 0.3) is 10.8 Å². The lowest BCUT2D eigenvalue weighted by molar-refractivity contribution is 0.0240. The number of carbonyl (C=O) groups excluding carboxylic acids is 1. The highest BCUT2D eigenvalue weighted by Crippen LogP contribution is 2.38. The number of hydrogen-bond donors (Lipinski definition) is 1. The fourth-order valence-corrected chi connectivity index (χ4v) is 5.47. The van der Waals surface area contributed by atoms with Crippen LogP contribution in [-0.2, 0) is 17.7 Å². The zero-order chi connectivity index (χ0) is 29.3. The van der Waals surface area contributed by atoms with E-state index in [0.717, 1.165) is 46.5 Å². The molecule has 5 rings (SSSR count). The number of phenols is 1. The summed E-state index contributed by atoms with van der Waals surface area (Å²) in [5.41, 5.74) is 2.50. The number of hydrogen-bond acceptors (Lipinski definition) is 9. The van der Waals surface area contributed by atoms with Crippen LogP contribution in [0.4, 0.5) is 16.3 Å². The molecule has 1 atom stereocenters. The van der Waals surface area contributed by atoms with Crippen molar-refractivity contribution in [3.8, 4) is 11.8 Å². The van der Waals surface area contributed by atoms with Crippen LogP contribution >= 0.6 is 0 Å². The van der Waals surface area contributed by atoms with Gasteiger partial charge in [0.15, 0.2) is 0 Å². The van der Waals surface area contributed by atoms with Crippen molar-refractivity contribution in [1.82, 2.24) is 19.8 Å². The van der Waals surface area contributed by atoms with Gasteiger partial charge in [-0.3, -0.25) is 0 Å². The van der Waals surface area contributed by atoms with Gasteiger partial charge < -0.3 is 34.2 Å². The topological polar surface area (TPSA) is 94.5 Å². The molecule has 2 aliphatic rings. The number of nitrogens with zero attached hydrogens (tertiary/aromatic N) is 6. The van der Waals surface area contributed by atoms with Gasteiger partial charge in [0.25, 0.3) is 0 Å². The van der Waals surface area contributed by atoms with Gasteiger partial charge in [0.1, 0.15) is 23.8 Å². The molecule has 0 radical (unpaired) electrons. The number of fused-ring (bicyclic) bond motifs is 2. The number of phenolic OH excluding ortho intramolecular Hbond substituents is 1. The second-order valence-corrected chi connectivity index (χ2v) is 12.2. The summed E-state index contributed by atoms with van der Waals surface area (Å²) in [6.07, 6.45) is 0.469. The van der Waals surface area contributed by atoms with Crippen molar-refractivity contribution in [3.05, 3.63) is 47.7 Å². The maximum absolute atomic E-state index is 12.7. The summed E-state index contributed by atoms with van der Waals surface area (Å²) in [6, 6.07) is 12.3. The molecule has 0 unspecified atom stereocenters. The minimum absolute atomic E-state index is 0.151. The van der Waals surface area contributed by atoms with Gasteiger partial charge in [-0.05, 0) is 59.7 Å². The van der Waals surface area contributed by atoms with Crippen LogP contribution in [0.1, 0.15) is 39.0 Å². The van der Waals surface area contributed by atoms with E-state index in [2.05, 4.69) is 27.7 Å². The molecule has 0 saturated carbocycles. The molecule has 0 bridgehead atoms. The number of aromatic hydroxyl groups is 1. The first kappa shape index (κ1) is 28.7. The van der Waals surface area contributed by atoms with Gasteiger partial charge in [-0.1, -0.05) is 24.3 Å². The average Bonchev–Trinajstić information content (AvgIpc) is 2.91. The van der Waals surface area contributed by atoms with E-state index in [1.807, 2.05) is 59.1 Å². The number of rotatable bonds is 6. The Hall–Kier alpha value is -3.79. The molecule has 41 heavy (non-hydrogen) atoms. The molecule has 0 aliphatic carbocycles. The maximum atomic E-state index is 12.7. The van der Waals surface area contributed by atoms with Crippen LogP contribution in [0.15, 0.2) is 36.4 Å². The summed E-state index contributed by atoms with van der Waals surface area (Å²) in [5.74, 6) is 1.13. The van der Waals surface area contributed by atoms with E-state index < -0.39 is 5.60 Å². The predicted octanol–water partition coefficient (Wildman–Crippen LogP) is 4.28. The monoisotopic (exact) mass is 562 g/mol. The summed E-state index contributed by atoms with van der Waals surface area (Å²) < 4.78 is 11.6. The summed E-state index contributed by atoms with van der Waals surface area (Å²) in [4.78, 5) is 30.8. The van der Waals surface area contributed by atoms with Crippen molar-refractivity contribution in [2.24, 2.45) is 0 Å². The number of benzene rings is 2. The smallest absolute Gasteiger partial charge is 0.410 e. The van der Waals surface area contributed by atoms with Crippen molar-refractivity contribution >= 4 is 28.4 Å². The van der Waals surface area contributed by atoms with Gasteiger partial charge in [-0.15, -0.1) is 0 Å². The predicted molar refractivity (Wildman–Crippen MR) is 161 cm³/mol. The molecule has 1 amide bonds. The van der Waals surface area contributed by atoms with E-state index in [1.165, 1.54) is 0 Å². The van der Waals surface area contributed by atoms with E-state index in [9.17, 15) is 9.90 Å². The zero-order valence-electron chi connectivity index (χ0n) is 25.1. The van der Waals surface area contributed by atoms with E-state index in [4.69, 9.17) is 19.4 Å². The fourth-order valence-electron chi connectivity index (χ4n) is 5.47. The third kappa shape index (κ3) is 6.59. The summed E-state index contributed by atoms with van der Waals surface area (Å²) in [6.45, 7) is 12.1. The van der Waals surface area contributed by atoms with Gasteiger partial charge in [-0.2, -0.15) is 9.97 Å². The molecule has 0 spiro atoms. The molecule has 220 valence electrons. The molecular formula is C31H42N6O4. The Morgan fingerprint density at radius 3 is 2.54 bits per heavy atom. The lowest BCUT2D eigenvalue weighted by atomic mass is 9.96. The molecule has 2 aliphatic heterocycles. The third-order valence-corrected chi connectivity index (χ3v) is 7.54. The Morgan fingerprint density at radius 2 is 1.83 bits per heavy atom. The zero-order valence-corrected chi connectivity index (χ0v) is 25.1. The van der Waals surface area contributed by atoms with Crippen LogP contribution in [0.5, 0.6) is 11.8 Å². The first-order valence-electron chi connectivity index (χ1n) is 14.4. The van der Waals surface area contributed by atoms with Crippen molar-refractivity contribution in [2.75, 3.05) is 63.2 Å². The van der Waals surface area contributed by atoms with Crippen molar-refractivity contribution in [2.45, 2.75) is 52.3 Å². The van der Waals surface area contributed by atoms with Gasteiger partial charge in [-0.25, -0.2) is 4.79 Å². The summed E-state index contributed by atoms with van der Waals surface area (Å²) in [5, 5.41) is 12.6. The van der Waals surface area contributed by atoms with Crippen molar-refractivity contribution in [3.63, 3.8) is 0 Å². The van der Waals surface area contributed by atoms with Crippen LogP contribution in [0, 0.1) is 0 Å². The SMILES string of the molecule is C[C@H]1Cc2c(nc(OCCN(C)C)nc2N2CCN(C(=O)OC(C)(C)C)CC2)CN1c1cc(O)cc2ccccc12. The van der Waals surface area contributed by atoms with Crippen molar-refractivity contribution < 1.29 is 19.4 Å². The quantitative estimate of drug-likeness (QED) is 0.472. The minimum Gasteiger partial charge on any atom is -0.508 e. The molecule has 2 aromatic carbocycles. The highest BCUT2D eigenvalue weighted by Gasteiger charge is 2.33. The van der Waals surface area contributed by atoms with E-state index in [1.54, 1.807) is 11.0 Å². The van der Waals surface area contributed by atoms with Crippen LogP contribution in [0.2, 0.25) is 0 Å². The molecular weight excluding hydrogens is 520 g/mol. The normalized spacial score (nSPS) is 17.6. The number of ether oxygens (including phenoxy) is 2. The van der Waals surface area contributed by atoms with Gasteiger partial charge >= 0.3 is 12.1 Å². The Bertz CT molecular complexity index is 1400. The van der Waals surface area contributed by atoms with Crippen LogP contribution < -0.4 is 14.5 Å². The second kappa shape index (κ2) is 11.6. The largest absolute Gasteiger partial charge is 0.508 e. The Balaban J connectivity index is 1.44.